The quantitative estimate of drug-likeness (QED) is 0.191. The third-order valence-electron chi connectivity index (χ3n) is 4.20. The van der Waals surface area contributed by atoms with E-state index >= 15 is 0 Å². The molecule has 16 heteroatoms. The van der Waals surface area contributed by atoms with E-state index < -0.39 is 51.0 Å². The summed E-state index contributed by atoms with van der Waals surface area (Å²) in [5.41, 5.74) is -1.12. The Bertz CT molecular complexity index is 1350. The van der Waals surface area contributed by atoms with E-state index in [1.54, 1.807) is 22.6 Å². The van der Waals surface area contributed by atoms with Gasteiger partial charge < -0.3 is 9.47 Å². The van der Waals surface area contributed by atoms with Crippen LogP contribution in [0.15, 0.2) is 65.8 Å². The number of aromatic nitrogens is 1. The molecule has 0 saturated heterocycles. The highest BCUT2D eigenvalue weighted by atomic mass is 127. The number of hydrogen-bond donors (Lipinski definition) is 0. The van der Waals surface area contributed by atoms with E-state index in [4.69, 9.17) is 11.6 Å². The van der Waals surface area contributed by atoms with Crippen LogP contribution in [0.5, 0.6) is 11.5 Å². The number of ether oxygens (including phenoxy) is 2. The van der Waals surface area contributed by atoms with Gasteiger partial charge in [-0.05, 0) is 59.0 Å². The number of nitrogens with zero attached hydrogens (tertiary/aromatic N) is 2. The molecule has 0 saturated carbocycles. The summed E-state index contributed by atoms with van der Waals surface area (Å²) in [7, 11) is -4.80. The Labute approximate surface area is 217 Å². The third-order valence-corrected chi connectivity index (χ3v) is 7.72. The lowest BCUT2D eigenvalue weighted by Crippen LogP contribution is -2.33. The molecule has 3 rings (SSSR count). The second-order valence-corrected chi connectivity index (χ2v) is 9.97. The first kappa shape index (κ1) is 28.0. The van der Waals surface area contributed by atoms with Crippen LogP contribution in [0.25, 0.3) is 0 Å². The maximum Gasteiger partial charge on any atom is 0.573 e. The molecule has 2 aromatic carbocycles. The number of rotatable bonds is 8. The summed E-state index contributed by atoms with van der Waals surface area (Å²) in [6.45, 7) is 0. The summed E-state index contributed by atoms with van der Waals surface area (Å²) in [6.07, 6.45) is -12.6. The second kappa shape index (κ2) is 10.5. The fraction of sp³-hybridized carbons (Fsp3) is 0.150. The van der Waals surface area contributed by atoms with E-state index in [0.717, 1.165) is 12.3 Å². The molecule has 0 amide bonds. The van der Waals surface area contributed by atoms with Crippen LogP contribution in [0, 0.1) is 3.57 Å². The first-order valence-electron chi connectivity index (χ1n) is 9.27. The van der Waals surface area contributed by atoms with Crippen LogP contribution in [-0.2, 0) is 10.0 Å². The monoisotopic (exact) mass is 670 g/mol. The van der Waals surface area contributed by atoms with Gasteiger partial charge in [-0.2, -0.15) is 17.6 Å². The largest absolute Gasteiger partial charge is 0.573 e. The molecule has 0 aliphatic heterocycles. The number of halogens is 9. The van der Waals surface area contributed by atoms with Gasteiger partial charge in [0.05, 0.1) is 16.9 Å². The Kier molecular flexibility index (Phi) is 8.14. The molecule has 0 atom stereocenters. The van der Waals surface area contributed by atoms with Crippen molar-refractivity contribution in [1.82, 2.24) is 4.98 Å². The van der Waals surface area contributed by atoms with Gasteiger partial charge in [-0.3, -0.25) is 4.98 Å². The van der Waals surface area contributed by atoms with Crippen molar-refractivity contribution in [2.75, 3.05) is 4.31 Å². The molecular weight excluding hydrogens is 660 g/mol. The summed E-state index contributed by atoms with van der Waals surface area (Å²) >= 11 is 7.90. The Morgan fingerprint density at radius 1 is 1.00 bits per heavy atom. The van der Waals surface area contributed by atoms with Crippen molar-refractivity contribution >= 4 is 55.6 Å². The molecule has 1 heterocycles. The number of hydrogen-bond acceptors (Lipinski definition) is 5. The number of sulfonamides is 1. The van der Waals surface area contributed by atoms with E-state index in [2.05, 4.69) is 14.5 Å². The third kappa shape index (κ3) is 6.23. The number of anilines is 2. The van der Waals surface area contributed by atoms with Crippen LogP contribution in [0.3, 0.4) is 0 Å². The summed E-state index contributed by atoms with van der Waals surface area (Å²) in [5, 5.41) is -0.248. The number of pyridine rings is 1. The van der Waals surface area contributed by atoms with Crippen molar-refractivity contribution < 1.29 is 48.6 Å². The van der Waals surface area contributed by atoms with Gasteiger partial charge in [0.15, 0.2) is 5.75 Å². The zero-order chi connectivity index (χ0) is 26.9. The van der Waals surface area contributed by atoms with Crippen LogP contribution in [-0.4, -0.2) is 32.3 Å². The first-order valence-corrected chi connectivity index (χ1v) is 12.2. The molecule has 0 unspecified atom stereocenters. The fourth-order valence-corrected chi connectivity index (χ4v) is 5.48. The normalized spacial score (nSPS) is 12.5. The van der Waals surface area contributed by atoms with Crippen molar-refractivity contribution in [1.29, 1.82) is 0 Å². The van der Waals surface area contributed by atoms with Crippen LogP contribution in [0.2, 0.25) is 5.02 Å². The van der Waals surface area contributed by atoms with Gasteiger partial charge in [0.1, 0.15) is 16.3 Å². The maximum atomic E-state index is 13.7. The maximum absolute atomic E-state index is 13.7. The minimum Gasteiger partial charge on any atom is -0.428 e. The summed E-state index contributed by atoms with van der Waals surface area (Å²) in [4.78, 5) is 3.25. The van der Waals surface area contributed by atoms with Crippen molar-refractivity contribution in [3.8, 4) is 11.5 Å². The topological polar surface area (TPSA) is 68.7 Å². The van der Waals surface area contributed by atoms with Crippen molar-refractivity contribution in [2.45, 2.75) is 23.8 Å². The average molecular weight is 671 g/mol. The van der Waals surface area contributed by atoms with Crippen LogP contribution in [0.1, 0.15) is 0 Å². The van der Waals surface area contributed by atoms with E-state index in [1.807, 2.05) is 0 Å². The first-order chi connectivity index (χ1) is 16.6. The fourth-order valence-electron chi connectivity index (χ4n) is 2.80. The predicted molar refractivity (Wildman–Crippen MR) is 122 cm³/mol. The van der Waals surface area contributed by atoms with Crippen LogP contribution < -0.4 is 13.8 Å². The van der Waals surface area contributed by atoms with Gasteiger partial charge in [0, 0.05) is 15.8 Å². The molecule has 0 aliphatic carbocycles. The number of alkyl halides is 7. The lowest BCUT2D eigenvalue weighted by atomic mass is 10.2. The molecule has 6 nitrogen and oxygen atoms in total. The van der Waals surface area contributed by atoms with Crippen molar-refractivity contribution in [2.24, 2.45) is 0 Å². The molecule has 194 valence electrons. The molecule has 36 heavy (non-hydrogen) atoms. The molecule has 3 aromatic rings. The highest BCUT2D eigenvalue weighted by molar-refractivity contribution is 14.1. The van der Waals surface area contributed by atoms with E-state index in [-0.39, 0.29) is 16.8 Å². The SMILES string of the molecule is O=S(=O)(c1cccc(I)c1Cl)N(c1cccnc1)c1ccc(OC(F)(F)C(F)F)cc1OC(F)(F)F. The van der Waals surface area contributed by atoms with E-state index in [1.165, 1.54) is 30.5 Å². The Balaban J connectivity index is 2.27. The smallest absolute Gasteiger partial charge is 0.428 e. The Hall–Kier alpha value is -2.53. The standard InChI is InChI=1S/C20H11ClF7IN2O4S/c21-17-13(29)4-1-5-16(17)36(32,33)31(11-3-2-8-30-10-11)14-7-6-12(34-19(24,25)18(22)23)9-15(14)35-20(26,27)28/h1-10,18H. The summed E-state index contributed by atoms with van der Waals surface area (Å²) < 4.78 is 127. The highest BCUT2D eigenvalue weighted by Crippen LogP contribution is 2.44. The molecule has 0 spiro atoms. The molecule has 0 aliphatic rings. The Morgan fingerprint density at radius 2 is 1.69 bits per heavy atom. The summed E-state index contributed by atoms with van der Waals surface area (Å²) in [5.74, 6) is -2.50. The number of benzene rings is 2. The van der Waals surface area contributed by atoms with Gasteiger partial charge in [-0.1, -0.05) is 17.7 Å². The van der Waals surface area contributed by atoms with Gasteiger partial charge in [-0.15, -0.1) is 13.2 Å². The van der Waals surface area contributed by atoms with Gasteiger partial charge >= 0.3 is 18.9 Å². The second-order valence-electron chi connectivity index (χ2n) is 6.67. The lowest BCUT2D eigenvalue weighted by Gasteiger charge is -2.27. The van der Waals surface area contributed by atoms with Crippen LogP contribution in [0.4, 0.5) is 42.1 Å². The molecule has 0 N–H and O–H groups in total. The van der Waals surface area contributed by atoms with Crippen molar-refractivity contribution in [3.63, 3.8) is 0 Å². The van der Waals surface area contributed by atoms with Crippen LogP contribution >= 0.6 is 34.2 Å². The average Bonchev–Trinajstić information content (AvgIpc) is 2.76. The Morgan fingerprint density at radius 3 is 2.28 bits per heavy atom. The molecule has 0 bridgehead atoms. The molecular formula is C20H11ClF7IN2O4S. The molecule has 1 aromatic heterocycles. The van der Waals surface area contributed by atoms with E-state index in [9.17, 15) is 39.2 Å². The van der Waals surface area contributed by atoms with Gasteiger partial charge in [0.2, 0.25) is 0 Å². The predicted octanol–water partition coefficient (Wildman–Crippen LogP) is 7.00. The highest BCUT2D eigenvalue weighted by Gasteiger charge is 2.44. The van der Waals surface area contributed by atoms with Gasteiger partial charge in [-0.25, -0.2) is 12.7 Å². The minimum atomic E-state index is -5.44. The zero-order valence-electron chi connectivity index (χ0n) is 17.2. The summed E-state index contributed by atoms with van der Waals surface area (Å²) in [6, 6.07) is 7.75. The minimum absolute atomic E-state index is 0.203. The van der Waals surface area contributed by atoms with Crippen molar-refractivity contribution in [3.05, 3.63) is 69.5 Å². The van der Waals surface area contributed by atoms with Gasteiger partial charge in [0.25, 0.3) is 10.0 Å². The zero-order valence-corrected chi connectivity index (χ0v) is 20.9. The molecule has 0 fully saturated rings. The van der Waals surface area contributed by atoms with E-state index in [0.29, 0.717) is 20.0 Å². The lowest BCUT2D eigenvalue weighted by molar-refractivity contribution is -0.274. The molecule has 0 radical (unpaired) electrons.